The van der Waals surface area contributed by atoms with Crippen molar-refractivity contribution in [2.45, 2.75) is 19.8 Å². The van der Waals surface area contributed by atoms with E-state index in [1.54, 1.807) is 11.3 Å². The van der Waals surface area contributed by atoms with Crippen molar-refractivity contribution in [2.24, 2.45) is 0 Å². The summed E-state index contributed by atoms with van der Waals surface area (Å²) in [5.41, 5.74) is 0.956. The molecule has 3 nitrogen and oxygen atoms in total. The minimum atomic E-state index is 0.869. The number of nitrogens with one attached hydrogen (secondary N) is 1. The molecule has 0 aliphatic carbocycles. The summed E-state index contributed by atoms with van der Waals surface area (Å²) in [7, 11) is 1.97. The molecule has 0 saturated heterocycles. The Labute approximate surface area is 99.5 Å². The average Bonchev–Trinajstić information content (AvgIpc) is 2.87. The molecule has 0 aliphatic heterocycles. The first kappa shape index (κ1) is 11.4. The monoisotopic (exact) mass is 236 g/mol. The van der Waals surface area contributed by atoms with Crippen molar-refractivity contribution >= 4 is 11.3 Å². The topological polar surface area (TPSA) is 38.1 Å². The molecule has 0 saturated carbocycles. The van der Waals surface area contributed by atoms with Crippen LogP contribution in [0.4, 0.5) is 0 Å². The number of nitrogens with zero attached hydrogens (tertiary/aromatic N) is 1. The summed E-state index contributed by atoms with van der Waals surface area (Å²) >= 11 is 1.71. The van der Waals surface area contributed by atoms with Crippen LogP contribution in [0.3, 0.4) is 0 Å². The smallest absolute Gasteiger partial charge is 0.153 e. The summed E-state index contributed by atoms with van der Waals surface area (Å²) in [6, 6.07) is 3.94. The molecule has 2 aromatic heterocycles. The molecule has 0 atom stereocenters. The molecule has 2 heterocycles. The maximum Gasteiger partial charge on any atom is 0.153 e. The summed E-state index contributed by atoms with van der Waals surface area (Å²) in [6.45, 7) is 2.98. The van der Waals surface area contributed by atoms with Crippen LogP contribution in [-0.2, 0) is 6.42 Å². The first-order valence-electron chi connectivity index (χ1n) is 5.45. The largest absolute Gasteiger partial charge is 0.460 e. The zero-order chi connectivity index (χ0) is 11.4. The summed E-state index contributed by atoms with van der Waals surface area (Å²) < 4.78 is 5.54. The van der Waals surface area contributed by atoms with Crippen molar-refractivity contribution < 1.29 is 4.42 Å². The molecule has 0 aliphatic rings. The summed E-state index contributed by atoms with van der Waals surface area (Å²) in [6.07, 6.45) is 2.16. The number of thiazole rings is 1. The third-order valence-corrected chi connectivity index (χ3v) is 3.27. The van der Waals surface area contributed by atoms with Gasteiger partial charge in [0.1, 0.15) is 11.5 Å². The Morgan fingerprint density at radius 1 is 1.44 bits per heavy atom. The van der Waals surface area contributed by atoms with Crippen LogP contribution in [-0.4, -0.2) is 18.6 Å². The second-order valence-corrected chi connectivity index (χ2v) is 4.69. The number of rotatable bonds is 5. The lowest BCUT2D eigenvalue weighted by molar-refractivity contribution is 0.546. The highest BCUT2D eigenvalue weighted by atomic mass is 32.1. The van der Waals surface area contributed by atoms with Gasteiger partial charge in [0, 0.05) is 11.8 Å². The first-order valence-corrected chi connectivity index (χ1v) is 6.33. The Hall–Kier alpha value is -1.13. The Morgan fingerprint density at radius 2 is 2.31 bits per heavy atom. The van der Waals surface area contributed by atoms with Gasteiger partial charge in [0.05, 0.1) is 5.01 Å². The van der Waals surface area contributed by atoms with Gasteiger partial charge in [-0.2, -0.15) is 0 Å². The first-order chi connectivity index (χ1) is 7.79. The molecule has 4 heteroatoms. The maximum absolute atomic E-state index is 5.54. The van der Waals surface area contributed by atoms with E-state index in [0.717, 1.165) is 36.6 Å². The molecule has 1 N–H and O–H groups in total. The van der Waals surface area contributed by atoms with Gasteiger partial charge in [-0.05, 0) is 39.1 Å². The molecule has 0 fully saturated rings. The molecule has 16 heavy (non-hydrogen) atoms. The number of aryl methyl sites for hydroxylation is 2. The highest BCUT2D eigenvalue weighted by Crippen LogP contribution is 2.24. The van der Waals surface area contributed by atoms with E-state index in [1.807, 2.05) is 26.1 Å². The van der Waals surface area contributed by atoms with Crippen molar-refractivity contribution in [3.05, 3.63) is 28.3 Å². The lowest BCUT2D eigenvalue weighted by Crippen LogP contribution is -2.08. The fourth-order valence-electron chi connectivity index (χ4n) is 1.53. The van der Waals surface area contributed by atoms with Crippen LogP contribution in [0.15, 0.2) is 21.9 Å². The number of hydrogen-bond acceptors (Lipinski definition) is 4. The number of hydrogen-bond donors (Lipinski definition) is 1. The molecule has 0 aromatic carbocycles. The molecule has 0 unspecified atom stereocenters. The van der Waals surface area contributed by atoms with Crippen LogP contribution in [0.25, 0.3) is 11.5 Å². The third kappa shape index (κ3) is 2.71. The Bertz CT molecular complexity index is 447. The van der Waals surface area contributed by atoms with Crippen LogP contribution in [0.5, 0.6) is 0 Å². The highest BCUT2D eigenvalue weighted by molar-refractivity contribution is 7.09. The zero-order valence-corrected chi connectivity index (χ0v) is 10.4. The van der Waals surface area contributed by atoms with Gasteiger partial charge in [0.2, 0.25) is 0 Å². The van der Waals surface area contributed by atoms with E-state index in [1.165, 1.54) is 5.01 Å². The van der Waals surface area contributed by atoms with Gasteiger partial charge in [-0.15, -0.1) is 11.3 Å². The zero-order valence-electron chi connectivity index (χ0n) is 9.62. The van der Waals surface area contributed by atoms with Crippen molar-refractivity contribution in [3.8, 4) is 11.5 Å². The Balaban J connectivity index is 2.02. The predicted octanol–water partition coefficient (Wildman–Crippen LogP) is 2.86. The van der Waals surface area contributed by atoms with Gasteiger partial charge in [-0.1, -0.05) is 0 Å². The highest BCUT2D eigenvalue weighted by Gasteiger charge is 2.07. The molecule has 2 aromatic rings. The second-order valence-electron chi connectivity index (χ2n) is 3.74. The summed E-state index contributed by atoms with van der Waals surface area (Å²) in [4.78, 5) is 4.56. The summed E-state index contributed by atoms with van der Waals surface area (Å²) in [5, 5.41) is 6.38. The minimum absolute atomic E-state index is 0.869. The van der Waals surface area contributed by atoms with E-state index in [0.29, 0.717) is 0 Å². The van der Waals surface area contributed by atoms with Crippen LogP contribution in [0.2, 0.25) is 0 Å². The minimum Gasteiger partial charge on any atom is -0.460 e. The lowest BCUT2D eigenvalue weighted by atomic mass is 10.3. The van der Waals surface area contributed by atoms with Gasteiger partial charge in [-0.25, -0.2) is 4.98 Å². The molecule has 0 amide bonds. The van der Waals surface area contributed by atoms with E-state index < -0.39 is 0 Å². The van der Waals surface area contributed by atoms with Gasteiger partial charge < -0.3 is 9.73 Å². The van der Waals surface area contributed by atoms with Gasteiger partial charge in [-0.3, -0.25) is 0 Å². The van der Waals surface area contributed by atoms with Crippen molar-refractivity contribution in [3.63, 3.8) is 0 Å². The van der Waals surface area contributed by atoms with Crippen molar-refractivity contribution in [1.82, 2.24) is 10.3 Å². The van der Waals surface area contributed by atoms with Crippen molar-refractivity contribution in [2.75, 3.05) is 13.6 Å². The van der Waals surface area contributed by atoms with Gasteiger partial charge >= 0.3 is 0 Å². The fourth-order valence-corrected chi connectivity index (χ4v) is 2.36. The summed E-state index contributed by atoms with van der Waals surface area (Å²) in [5.74, 6) is 1.80. The maximum atomic E-state index is 5.54. The molecule has 0 spiro atoms. The average molecular weight is 236 g/mol. The molecule has 2 rings (SSSR count). The molecule has 0 radical (unpaired) electrons. The SMILES string of the molecule is CNCCCc1nc(-c2ccc(C)o2)cs1. The van der Waals surface area contributed by atoms with Gasteiger partial charge in [0.15, 0.2) is 5.76 Å². The Morgan fingerprint density at radius 3 is 3.00 bits per heavy atom. The van der Waals surface area contributed by atoms with Crippen molar-refractivity contribution in [1.29, 1.82) is 0 Å². The van der Waals surface area contributed by atoms with E-state index in [4.69, 9.17) is 4.42 Å². The van der Waals surface area contributed by atoms with Crippen LogP contribution in [0, 0.1) is 6.92 Å². The molecule has 86 valence electrons. The van der Waals surface area contributed by atoms with E-state index in [2.05, 4.69) is 15.7 Å². The van der Waals surface area contributed by atoms with Crippen LogP contribution >= 0.6 is 11.3 Å². The standard InChI is InChI=1S/C12H16N2OS/c1-9-5-6-11(15-9)10-8-16-12(14-10)4-3-7-13-2/h5-6,8,13H,3-4,7H2,1-2H3. The lowest BCUT2D eigenvalue weighted by Gasteiger charge is -1.95. The normalized spacial score (nSPS) is 10.9. The molecular weight excluding hydrogens is 220 g/mol. The molecule has 0 bridgehead atoms. The predicted molar refractivity (Wildman–Crippen MR) is 66.8 cm³/mol. The van der Waals surface area contributed by atoms with Crippen LogP contribution in [0.1, 0.15) is 17.2 Å². The Kier molecular flexibility index (Phi) is 3.74. The van der Waals surface area contributed by atoms with E-state index in [-0.39, 0.29) is 0 Å². The van der Waals surface area contributed by atoms with E-state index in [9.17, 15) is 0 Å². The second kappa shape index (κ2) is 5.27. The number of aromatic nitrogens is 1. The fraction of sp³-hybridized carbons (Fsp3) is 0.417. The quantitative estimate of drug-likeness (QED) is 0.811. The molecular formula is C12H16N2OS. The number of furan rings is 1. The van der Waals surface area contributed by atoms with Crippen LogP contribution < -0.4 is 5.32 Å². The van der Waals surface area contributed by atoms with Gasteiger partial charge in [0.25, 0.3) is 0 Å². The third-order valence-electron chi connectivity index (χ3n) is 2.36. The van der Waals surface area contributed by atoms with E-state index >= 15 is 0 Å².